The molecular formula is C12H15Br2N3OS. The zero-order chi connectivity index (χ0) is 14.0. The van der Waals surface area contributed by atoms with Crippen molar-refractivity contribution in [3.63, 3.8) is 0 Å². The summed E-state index contributed by atoms with van der Waals surface area (Å²) < 4.78 is 7.69. The van der Waals surface area contributed by atoms with Gasteiger partial charge in [0.1, 0.15) is 0 Å². The number of hydrogen-bond donors (Lipinski definition) is 1. The molecule has 2 aromatic rings. The van der Waals surface area contributed by atoms with E-state index in [1.165, 1.54) is 0 Å². The fraction of sp³-hybridized carbons (Fsp3) is 0.500. The summed E-state index contributed by atoms with van der Waals surface area (Å²) in [5, 5.41) is 11.6. The van der Waals surface area contributed by atoms with Crippen molar-refractivity contribution in [1.82, 2.24) is 15.5 Å². The van der Waals surface area contributed by atoms with Crippen molar-refractivity contribution in [3.05, 3.63) is 19.5 Å². The van der Waals surface area contributed by atoms with E-state index in [0.29, 0.717) is 11.8 Å². The predicted molar refractivity (Wildman–Crippen MR) is 84.5 cm³/mol. The summed E-state index contributed by atoms with van der Waals surface area (Å²) in [5.74, 6) is 1.21. The number of hydrogen-bond acceptors (Lipinski definition) is 5. The minimum absolute atomic E-state index is 0.101. The van der Waals surface area contributed by atoms with Crippen LogP contribution < -0.4 is 5.32 Å². The number of nitrogens with zero attached hydrogens (tertiary/aromatic N) is 2. The van der Waals surface area contributed by atoms with Crippen LogP contribution in [0.2, 0.25) is 0 Å². The average molecular weight is 409 g/mol. The molecule has 0 saturated carbocycles. The Morgan fingerprint density at radius 3 is 2.63 bits per heavy atom. The molecule has 0 unspecified atom stereocenters. The lowest BCUT2D eigenvalue weighted by molar-refractivity contribution is 0.412. The van der Waals surface area contributed by atoms with E-state index in [-0.39, 0.29) is 5.54 Å². The first-order chi connectivity index (χ1) is 8.85. The van der Waals surface area contributed by atoms with Crippen LogP contribution in [0.25, 0.3) is 11.5 Å². The molecular weight excluding hydrogens is 394 g/mol. The van der Waals surface area contributed by atoms with Gasteiger partial charge < -0.3 is 9.73 Å². The van der Waals surface area contributed by atoms with Crippen LogP contribution >= 0.6 is 43.2 Å². The van der Waals surface area contributed by atoms with Gasteiger partial charge in [-0.05, 0) is 58.7 Å². The quantitative estimate of drug-likeness (QED) is 0.821. The van der Waals surface area contributed by atoms with Crippen LogP contribution in [0.3, 0.4) is 0 Å². The Kier molecular flexibility index (Phi) is 4.81. The van der Waals surface area contributed by atoms with Crippen LogP contribution in [-0.4, -0.2) is 22.3 Å². The van der Waals surface area contributed by atoms with Gasteiger partial charge in [0.15, 0.2) is 0 Å². The molecule has 7 heteroatoms. The first-order valence-corrected chi connectivity index (χ1v) is 8.28. The molecule has 0 fully saturated rings. The molecule has 4 nitrogen and oxygen atoms in total. The van der Waals surface area contributed by atoms with Gasteiger partial charge in [0, 0.05) is 18.5 Å². The molecule has 0 amide bonds. The van der Waals surface area contributed by atoms with Crippen molar-refractivity contribution in [2.24, 2.45) is 0 Å². The third kappa shape index (κ3) is 4.37. The Labute approximate surface area is 133 Å². The molecule has 0 spiro atoms. The Morgan fingerprint density at radius 1 is 1.32 bits per heavy atom. The van der Waals surface area contributed by atoms with Gasteiger partial charge in [-0.3, -0.25) is 0 Å². The molecule has 0 atom stereocenters. The molecule has 19 heavy (non-hydrogen) atoms. The molecule has 0 aliphatic carbocycles. The van der Waals surface area contributed by atoms with E-state index in [9.17, 15) is 0 Å². The van der Waals surface area contributed by atoms with Crippen LogP contribution in [0, 0.1) is 0 Å². The van der Waals surface area contributed by atoms with Crippen molar-refractivity contribution in [3.8, 4) is 11.5 Å². The highest BCUT2D eigenvalue weighted by Crippen LogP contribution is 2.37. The Bertz CT molecular complexity index is 560. The summed E-state index contributed by atoms with van der Waals surface area (Å²) in [6.45, 7) is 7.21. The molecule has 0 saturated heterocycles. The van der Waals surface area contributed by atoms with E-state index < -0.39 is 0 Å². The molecule has 0 aromatic carbocycles. The van der Waals surface area contributed by atoms with E-state index in [1.807, 2.05) is 6.07 Å². The van der Waals surface area contributed by atoms with Crippen LogP contribution in [0.4, 0.5) is 0 Å². The Balaban J connectivity index is 2.01. The van der Waals surface area contributed by atoms with E-state index in [4.69, 9.17) is 4.42 Å². The second kappa shape index (κ2) is 6.03. The number of nitrogens with one attached hydrogen (secondary N) is 1. The standard InChI is InChI=1S/C12H15Br2N3OS/c1-12(2,3)15-5-4-9-16-17-11(18-9)7-6-8(13)19-10(7)14/h6,15H,4-5H2,1-3H3. The van der Waals surface area contributed by atoms with E-state index in [1.54, 1.807) is 11.3 Å². The van der Waals surface area contributed by atoms with E-state index in [0.717, 1.165) is 26.1 Å². The van der Waals surface area contributed by atoms with Crippen LogP contribution in [0.5, 0.6) is 0 Å². The second-order valence-electron chi connectivity index (χ2n) is 5.17. The molecule has 0 aliphatic rings. The lowest BCUT2D eigenvalue weighted by atomic mass is 10.1. The predicted octanol–water partition coefficient (Wildman–Crippen LogP) is 4.25. The Hall–Kier alpha value is -0.240. The molecule has 0 bridgehead atoms. The van der Waals surface area contributed by atoms with Gasteiger partial charge in [0.2, 0.25) is 11.8 Å². The first-order valence-electron chi connectivity index (χ1n) is 5.88. The third-order valence-corrected chi connectivity index (χ3v) is 4.69. The van der Waals surface area contributed by atoms with E-state index >= 15 is 0 Å². The molecule has 2 rings (SSSR count). The zero-order valence-electron chi connectivity index (χ0n) is 11.0. The van der Waals surface area contributed by atoms with Gasteiger partial charge in [-0.2, -0.15) is 0 Å². The topological polar surface area (TPSA) is 51.0 Å². The molecule has 2 aromatic heterocycles. The fourth-order valence-electron chi connectivity index (χ4n) is 1.49. The smallest absolute Gasteiger partial charge is 0.249 e. The highest BCUT2D eigenvalue weighted by Gasteiger charge is 2.15. The summed E-state index contributed by atoms with van der Waals surface area (Å²) in [6.07, 6.45) is 0.729. The van der Waals surface area contributed by atoms with Crippen molar-refractivity contribution in [2.45, 2.75) is 32.7 Å². The highest BCUT2D eigenvalue weighted by atomic mass is 79.9. The maximum Gasteiger partial charge on any atom is 0.249 e. The van der Waals surface area contributed by atoms with Gasteiger partial charge >= 0.3 is 0 Å². The maximum absolute atomic E-state index is 5.67. The third-order valence-electron chi connectivity index (χ3n) is 2.35. The number of aromatic nitrogens is 2. The van der Waals surface area contributed by atoms with Gasteiger partial charge in [-0.25, -0.2) is 0 Å². The van der Waals surface area contributed by atoms with Crippen molar-refractivity contribution in [2.75, 3.05) is 6.54 Å². The van der Waals surface area contributed by atoms with Crippen LogP contribution in [-0.2, 0) is 6.42 Å². The van der Waals surface area contributed by atoms with Crippen LogP contribution in [0.1, 0.15) is 26.7 Å². The highest BCUT2D eigenvalue weighted by molar-refractivity contribution is 9.12. The van der Waals surface area contributed by atoms with Gasteiger partial charge in [0.05, 0.1) is 13.1 Å². The van der Waals surface area contributed by atoms with Crippen molar-refractivity contribution >= 4 is 43.2 Å². The second-order valence-corrected chi connectivity index (χ2v) is 8.91. The van der Waals surface area contributed by atoms with Gasteiger partial charge in [-0.1, -0.05) is 0 Å². The van der Waals surface area contributed by atoms with Gasteiger partial charge in [-0.15, -0.1) is 21.5 Å². The summed E-state index contributed by atoms with van der Waals surface area (Å²) in [6, 6.07) is 1.97. The molecule has 104 valence electrons. The van der Waals surface area contributed by atoms with Crippen molar-refractivity contribution in [1.29, 1.82) is 0 Å². The van der Waals surface area contributed by atoms with E-state index in [2.05, 4.69) is 68.1 Å². The summed E-state index contributed by atoms with van der Waals surface area (Å²) >= 11 is 8.52. The van der Waals surface area contributed by atoms with Gasteiger partial charge in [0.25, 0.3) is 0 Å². The maximum atomic E-state index is 5.67. The minimum Gasteiger partial charge on any atom is -0.421 e. The molecule has 2 heterocycles. The van der Waals surface area contributed by atoms with Crippen LogP contribution in [0.15, 0.2) is 18.1 Å². The average Bonchev–Trinajstić information content (AvgIpc) is 2.83. The van der Waals surface area contributed by atoms with Crippen molar-refractivity contribution < 1.29 is 4.42 Å². The lowest BCUT2D eigenvalue weighted by Gasteiger charge is -2.19. The minimum atomic E-state index is 0.101. The monoisotopic (exact) mass is 407 g/mol. The number of thiophene rings is 1. The largest absolute Gasteiger partial charge is 0.421 e. The summed E-state index contributed by atoms with van der Waals surface area (Å²) in [4.78, 5) is 0. The molecule has 0 aliphatic heterocycles. The number of rotatable bonds is 4. The molecule has 1 N–H and O–H groups in total. The fourth-order valence-corrected chi connectivity index (χ4v) is 4.27. The summed E-state index contributed by atoms with van der Waals surface area (Å²) in [7, 11) is 0. The lowest BCUT2D eigenvalue weighted by Crippen LogP contribution is -2.37. The number of halogens is 2. The molecule has 0 radical (unpaired) electrons. The first kappa shape index (κ1) is 15.2. The normalized spacial score (nSPS) is 12.1. The Morgan fingerprint density at radius 2 is 2.05 bits per heavy atom. The summed E-state index contributed by atoms with van der Waals surface area (Å²) in [5.41, 5.74) is 1.03. The zero-order valence-corrected chi connectivity index (χ0v) is 14.9. The SMILES string of the molecule is CC(C)(C)NCCc1nnc(-c2cc(Br)sc2Br)o1.